The molecule has 6 rings (SSSR count). The average Bonchev–Trinajstić information content (AvgIpc) is 3.42. The molecule has 0 saturated carbocycles. The lowest BCUT2D eigenvalue weighted by molar-refractivity contribution is 0.0899. The largest absolute Gasteiger partial charge is 0.465 e. The van der Waals surface area contributed by atoms with E-state index in [4.69, 9.17) is 21.3 Å². The second-order valence-electron chi connectivity index (χ2n) is 12.6. The lowest BCUT2D eigenvalue weighted by Gasteiger charge is -2.40. The lowest BCUT2D eigenvalue weighted by Crippen LogP contribution is -2.51. The summed E-state index contributed by atoms with van der Waals surface area (Å²) in [6, 6.07) is 4.85. The van der Waals surface area contributed by atoms with Crippen LogP contribution in [0.5, 0.6) is 0 Å². The van der Waals surface area contributed by atoms with Crippen LogP contribution in [0.3, 0.4) is 0 Å². The fourth-order valence-corrected chi connectivity index (χ4v) is 7.45. The molecule has 0 aliphatic carbocycles. The van der Waals surface area contributed by atoms with E-state index in [2.05, 4.69) is 39.8 Å². The molecule has 42 heavy (non-hydrogen) atoms. The number of carboxylic acid groups (broad SMARTS) is 1. The number of piperidine rings is 1. The van der Waals surface area contributed by atoms with Crippen LogP contribution >= 0.6 is 11.6 Å². The molecular weight excluding hydrogens is 574 g/mol. The number of aromatic nitrogens is 5. The summed E-state index contributed by atoms with van der Waals surface area (Å²) in [6.07, 6.45) is 7.33. The molecule has 1 amide bonds. The van der Waals surface area contributed by atoms with E-state index in [1.165, 1.54) is 0 Å². The molecule has 2 saturated heterocycles. The monoisotopic (exact) mass is 609 g/mol. The maximum atomic E-state index is 14.2. The summed E-state index contributed by atoms with van der Waals surface area (Å²) < 4.78 is 9.65. The summed E-state index contributed by atoms with van der Waals surface area (Å²) in [5, 5.41) is 12.8. The molecule has 0 spiro atoms. The fraction of sp³-hybridized carbons (Fsp3) is 0.483. The maximum Gasteiger partial charge on any atom is 0.404 e. The molecule has 2 aliphatic heterocycles. The summed E-state index contributed by atoms with van der Waals surface area (Å²) in [5.74, 6) is 0.595. The van der Waals surface area contributed by atoms with Gasteiger partial charge >= 0.3 is 6.09 Å². The number of hydrogen-bond donors (Lipinski definition) is 2. The van der Waals surface area contributed by atoms with Crippen molar-refractivity contribution in [1.82, 2.24) is 29.4 Å². The number of fused-ring (bicyclic) bond motifs is 4. The van der Waals surface area contributed by atoms with Crippen LogP contribution in [0.25, 0.3) is 33.2 Å². The number of hydrogen-bond acceptors (Lipinski definition) is 7. The van der Waals surface area contributed by atoms with Gasteiger partial charge in [-0.05, 0) is 37.8 Å². The number of halogens is 1. The number of anilines is 1. The Hall–Kier alpha value is -3.48. The Morgan fingerprint density at radius 2 is 1.86 bits per heavy atom. The summed E-state index contributed by atoms with van der Waals surface area (Å²) in [4.78, 5) is 41.6. The van der Waals surface area contributed by atoms with Gasteiger partial charge in [0.05, 0.1) is 15.9 Å². The van der Waals surface area contributed by atoms with Gasteiger partial charge in [0.15, 0.2) is 5.65 Å². The van der Waals surface area contributed by atoms with Gasteiger partial charge in [-0.3, -0.25) is 19.3 Å². The summed E-state index contributed by atoms with van der Waals surface area (Å²) >= 11 is 6.88. The van der Waals surface area contributed by atoms with Crippen molar-refractivity contribution in [2.75, 3.05) is 11.5 Å². The van der Waals surface area contributed by atoms with Crippen molar-refractivity contribution in [2.24, 2.45) is 7.05 Å². The Balaban J connectivity index is 1.45. The van der Waals surface area contributed by atoms with E-state index >= 15 is 0 Å². The van der Waals surface area contributed by atoms with Crippen LogP contribution in [-0.4, -0.2) is 68.1 Å². The first-order valence-corrected chi connectivity index (χ1v) is 18.5. The molecule has 0 radical (unpaired) electrons. The second kappa shape index (κ2) is 11.0. The number of benzene rings is 1. The Kier molecular flexibility index (Phi) is 7.48. The van der Waals surface area contributed by atoms with E-state index in [0.717, 1.165) is 18.9 Å². The van der Waals surface area contributed by atoms with Gasteiger partial charge in [0.2, 0.25) is 5.95 Å². The van der Waals surface area contributed by atoms with Crippen molar-refractivity contribution in [3.05, 3.63) is 46.1 Å². The molecule has 1 unspecified atom stereocenters. The Morgan fingerprint density at radius 3 is 2.55 bits per heavy atom. The molecule has 2 N–H and O–H groups in total. The molecule has 3 atom stereocenters. The van der Waals surface area contributed by atoms with Gasteiger partial charge in [-0.1, -0.05) is 37.3 Å². The number of carbonyl (C=O) groups is 1. The van der Waals surface area contributed by atoms with Crippen LogP contribution in [0.1, 0.15) is 25.7 Å². The van der Waals surface area contributed by atoms with Crippen molar-refractivity contribution in [1.29, 1.82) is 0 Å². The number of ether oxygens (including phenoxy) is 1. The zero-order valence-corrected chi connectivity index (χ0v) is 26.1. The van der Waals surface area contributed by atoms with Crippen LogP contribution in [0.4, 0.5) is 10.7 Å². The van der Waals surface area contributed by atoms with Crippen LogP contribution in [-0.2, 0) is 18.5 Å². The van der Waals surface area contributed by atoms with E-state index < -0.39 is 14.2 Å². The van der Waals surface area contributed by atoms with E-state index in [-0.39, 0.29) is 30.4 Å². The topological polar surface area (TPSA) is 127 Å². The van der Waals surface area contributed by atoms with E-state index in [9.17, 15) is 14.7 Å². The number of amides is 1. The minimum Gasteiger partial charge on any atom is -0.465 e. The SMILES string of the molecule is Cn1c(N2[C@@H]3CC[C@H]2CC(NC(=O)O)C3)nc2c(c(-c3ccc4nccnc4c3Cl)cn2COCC[Si](C)(C)C)c1=O. The molecule has 2 fully saturated rings. The van der Waals surface area contributed by atoms with E-state index in [0.29, 0.717) is 63.6 Å². The van der Waals surface area contributed by atoms with Crippen molar-refractivity contribution in [3.8, 4) is 11.1 Å². The average molecular weight is 610 g/mol. The normalized spacial score (nSPS) is 20.5. The molecule has 5 heterocycles. The van der Waals surface area contributed by atoms with Gasteiger partial charge in [0, 0.05) is 69.6 Å². The van der Waals surface area contributed by atoms with Gasteiger partial charge in [-0.2, -0.15) is 4.98 Å². The molecular formula is C29H36ClN7O4Si. The van der Waals surface area contributed by atoms with E-state index in [1.807, 2.05) is 22.9 Å². The molecule has 11 nitrogen and oxygen atoms in total. The molecule has 3 aromatic heterocycles. The van der Waals surface area contributed by atoms with Crippen LogP contribution in [0.2, 0.25) is 30.7 Å². The fourth-order valence-electron chi connectivity index (χ4n) is 6.39. The number of rotatable bonds is 8. The van der Waals surface area contributed by atoms with Crippen molar-refractivity contribution >= 4 is 53.8 Å². The molecule has 2 bridgehead atoms. The molecule has 2 aliphatic rings. The third kappa shape index (κ3) is 5.27. The molecule has 4 aromatic rings. The van der Waals surface area contributed by atoms with Crippen LogP contribution in [0.15, 0.2) is 35.5 Å². The van der Waals surface area contributed by atoms with Gasteiger partial charge in [0.25, 0.3) is 5.56 Å². The third-order valence-corrected chi connectivity index (χ3v) is 10.5. The van der Waals surface area contributed by atoms with Crippen LogP contribution in [0, 0.1) is 0 Å². The Morgan fingerprint density at radius 1 is 1.14 bits per heavy atom. The summed E-state index contributed by atoms with van der Waals surface area (Å²) in [5.41, 5.74) is 2.96. The first kappa shape index (κ1) is 28.6. The van der Waals surface area contributed by atoms with Gasteiger partial charge in [-0.15, -0.1) is 0 Å². The standard InChI is InChI=1S/C29H36ClN7O4Si/c1-35-27(38)23-21(20-7-8-22-25(24(20)30)32-10-9-31-22)15-36(16-41-11-12-42(2,3)4)26(23)34-28(35)37-18-5-6-19(37)14-17(13-18)33-29(39)40/h7-10,15,17-19,33H,5-6,11-14,16H2,1-4H3,(H,39,40)/t17?,18-,19+. The Bertz CT molecular complexity index is 1720. The van der Waals surface area contributed by atoms with Gasteiger partial charge < -0.3 is 24.6 Å². The van der Waals surface area contributed by atoms with Crippen molar-refractivity contribution < 1.29 is 14.6 Å². The number of nitrogens with zero attached hydrogens (tertiary/aromatic N) is 6. The quantitative estimate of drug-likeness (QED) is 0.209. The zero-order valence-electron chi connectivity index (χ0n) is 24.3. The first-order chi connectivity index (χ1) is 20.0. The van der Waals surface area contributed by atoms with Gasteiger partial charge in [0.1, 0.15) is 12.2 Å². The maximum absolute atomic E-state index is 14.2. The highest BCUT2D eigenvalue weighted by Crippen LogP contribution is 2.40. The second-order valence-corrected chi connectivity index (χ2v) is 18.6. The van der Waals surface area contributed by atoms with E-state index in [1.54, 1.807) is 24.0 Å². The predicted molar refractivity (Wildman–Crippen MR) is 166 cm³/mol. The Labute approximate surface area is 249 Å². The summed E-state index contributed by atoms with van der Waals surface area (Å²) in [6.45, 7) is 7.81. The highest BCUT2D eigenvalue weighted by Gasteiger charge is 2.43. The lowest BCUT2D eigenvalue weighted by atomic mass is 9.98. The minimum absolute atomic E-state index is 0.0977. The highest BCUT2D eigenvalue weighted by molar-refractivity contribution is 6.76. The molecule has 222 valence electrons. The first-order valence-electron chi connectivity index (χ1n) is 14.4. The third-order valence-electron chi connectivity index (χ3n) is 8.46. The van der Waals surface area contributed by atoms with Gasteiger partial charge in [-0.25, -0.2) is 4.79 Å². The highest BCUT2D eigenvalue weighted by atomic mass is 35.5. The molecule has 13 heteroatoms. The predicted octanol–water partition coefficient (Wildman–Crippen LogP) is 5.08. The number of nitrogens with one attached hydrogen (secondary N) is 1. The van der Waals surface area contributed by atoms with Crippen LogP contribution < -0.4 is 15.8 Å². The smallest absolute Gasteiger partial charge is 0.404 e. The molecule has 1 aromatic carbocycles. The van der Waals surface area contributed by atoms with Crippen molar-refractivity contribution in [3.63, 3.8) is 0 Å². The van der Waals surface area contributed by atoms with Crippen molar-refractivity contribution in [2.45, 2.75) is 76.2 Å². The zero-order chi connectivity index (χ0) is 29.8. The summed E-state index contributed by atoms with van der Waals surface area (Å²) in [7, 11) is 0.470. The minimum atomic E-state index is -1.28.